The molecule has 4 rings (SSSR count). The summed E-state index contributed by atoms with van der Waals surface area (Å²) >= 11 is 1.36. The summed E-state index contributed by atoms with van der Waals surface area (Å²) in [5, 5.41) is 17.6. The molecule has 3 aromatic rings. The average molecular weight is 383 g/mol. The van der Waals surface area contributed by atoms with E-state index in [0.29, 0.717) is 23.8 Å². The topological polar surface area (TPSA) is 84.2 Å². The molecule has 0 saturated heterocycles. The van der Waals surface area contributed by atoms with Crippen LogP contribution in [0, 0.1) is 12.8 Å². The lowest BCUT2D eigenvalue weighted by molar-refractivity contribution is -0.139. The van der Waals surface area contributed by atoms with Crippen molar-refractivity contribution in [3.05, 3.63) is 52.5 Å². The normalized spacial score (nSPS) is 15.0. The fourth-order valence-electron chi connectivity index (χ4n) is 3.23. The van der Waals surface area contributed by atoms with E-state index in [2.05, 4.69) is 10.4 Å². The van der Waals surface area contributed by atoms with E-state index in [9.17, 15) is 14.7 Å². The first kappa shape index (κ1) is 17.7. The molecular weight excluding hydrogens is 362 g/mol. The monoisotopic (exact) mass is 383 g/mol. The molecule has 1 aromatic carbocycles. The van der Waals surface area contributed by atoms with E-state index in [1.165, 1.54) is 11.3 Å². The SMILES string of the molecule is Cc1nn(Cc2ccccc2)c2sc(C(=O)NC(CC3CC3)C(=O)O)cc12. The van der Waals surface area contributed by atoms with Crippen molar-refractivity contribution in [3.63, 3.8) is 0 Å². The average Bonchev–Trinajstić information content (AvgIpc) is 3.26. The number of thiophene rings is 1. The van der Waals surface area contributed by atoms with Gasteiger partial charge in [0, 0.05) is 5.39 Å². The maximum atomic E-state index is 12.6. The van der Waals surface area contributed by atoms with E-state index in [-0.39, 0.29) is 5.91 Å². The van der Waals surface area contributed by atoms with Crippen LogP contribution in [0.1, 0.15) is 40.2 Å². The zero-order chi connectivity index (χ0) is 19.0. The van der Waals surface area contributed by atoms with Crippen LogP contribution in [-0.4, -0.2) is 32.8 Å². The summed E-state index contributed by atoms with van der Waals surface area (Å²) in [6.45, 7) is 2.55. The number of fused-ring (bicyclic) bond motifs is 1. The van der Waals surface area contributed by atoms with Gasteiger partial charge < -0.3 is 10.4 Å². The smallest absolute Gasteiger partial charge is 0.326 e. The highest BCUT2D eigenvalue weighted by Gasteiger charge is 2.31. The predicted octanol–water partition coefficient (Wildman–Crippen LogP) is 3.44. The number of hydrogen-bond acceptors (Lipinski definition) is 4. The fourth-order valence-corrected chi connectivity index (χ4v) is 4.29. The molecule has 0 spiro atoms. The van der Waals surface area contributed by atoms with Gasteiger partial charge in [0.2, 0.25) is 0 Å². The lowest BCUT2D eigenvalue weighted by Gasteiger charge is -2.13. The largest absolute Gasteiger partial charge is 0.480 e. The second-order valence-electron chi connectivity index (χ2n) is 7.10. The number of rotatable bonds is 7. The summed E-state index contributed by atoms with van der Waals surface area (Å²) < 4.78 is 1.90. The molecule has 1 aliphatic rings. The third-order valence-electron chi connectivity index (χ3n) is 4.88. The molecule has 1 amide bonds. The lowest BCUT2D eigenvalue weighted by Crippen LogP contribution is -2.40. The van der Waals surface area contributed by atoms with Crippen molar-refractivity contribution in [2.75, 3.05) is 0 Å². The van der Waals surface area contributed by atoms with E-state index in [1.54, 1.807) is 0 Å². The molecule has 1 atom stereocenters. The van der Waals surface area contributed by atoms with Crippen LogP contribution in [0.15, 0.2) is 36.4 Å². The number of nitrogens with one attached hydrogen (secondary N) is 1. The van der Waals surface area contributed by atoms with Gasteiger partial charge in [0.05, 0.1) is 17.1 Å². The number of carboxylic acid groups (broad SMARTS) is 1. The molecule has 7 heteroatoms. The second kappa shape index (κ2) is 7.15. The van der Waals surface area contributed by atoms with Crippen molar-refractivity contribution < 1.29 is 14.7 Å². The van der Waals surface area contributed by atoms with E-state index in [4.69, 9.17) is 0 Å². The van der Waals surface area contributed by atoms with Gasteiger partial charge in [-0.1, -0.05) is 43.2 Å². The minimum Gasteiger partial charge on any atom is -0.480 e. The first-order valence-corrected chi connectivity index (χ1v) is 9.87. The summed E-state index contributed by atoms with van der Waals surface area (Å²) in [6, 6.07) is 11.0. The molecule has 2 N–H and O–H groups in total. The number of carboxylic acids is 1. The fraction of sp³-hybridized carbons (Fsp3) is 0.350. The van der Waals surface area contributed by atoms with Crippen LogP contribution in [0.4, 0.5) is 0 Å². The van der Waals surface area contributed by atoms with Crippen LogP contribution in [-0.2, 0) is 11.3 Å². The quantitative estimate of drug-likeness (QED) is 0.655. The van der Waals surface area contributed by atoms with Gasteiger partial charge >= 0.3 is 5.97 Å². The minimum absolute atomic E-state index is 0.324. The maximum absolute atomic E-state index is 12.6. The number of nitrogens with zero attached hydrogens (tertiary/aromatic N) is 2. The van der Waals surface area contributed by atoms with Crippen molar-refractivity contribution >= 4 is 33.4 Å². The van der Waals surface area contributed by atoms with Gasteiger partial charge in [0.25, 0.3) is 5.91 Å². The Morgan fingerprint density at radius 2 is 2.07 bits per heavy atom. The highest BCUT2D eigenvalue weighted by Crippen LogP contribution is 2.34. The van der Waals surface area contributed by atoms with Crippen LogP contribution in [0.5, 0.6) is 0 Å². The van der Waals surface area contributed by atoms with Crippen LogP contribution in [0.2, 0.25) is 0 Å². The van der Waals surface area contributed by atoms with Gasteiger partial charge in [0.15, 0.2) is 0 Å². The Balaban J connectivity index is 1.56. The number of aliphatic carboxylic acids is 1. The van der Waals surface area contributed by atoms with Gasteiger partial charge in [-0.2, -0.15) is 5.10 Å². The van der Waals surface area contributed by atoms with Crippen LogP contribution >= 0.6 is 11.3 Å². The summed E-state index contributed by atoms with van der Waals surface area (Å²) in [7, 11) is 0. The number of aromatic nitrogens is 2. The molecule has 0 aliphatic heterocycles. The second-order valence-corrected chi connectivity index (χ2v) is 8.13. The van der Waals surface area contributed by atoms with E-state index in [1.807, 2.05) is 48.0 Å². The Morgan fingerprint density at radius 1 is 1.33 bits per heavy atom. The first-order valence-electron chi connectivity index (χ1n) is 9.06. The van der Waals surface area contributed by atoms with Crippen molar-refractivity contribution in [2.24, 2.45) is 5.92 Å². The van der Waals surface area contributed by atoms with Gasteiger partial charge in [-0.25, -0.2) is 4.79 Å². The van der Waals surface area contributed by atoms with Crippen molar-refractivity contribution in [1.82, 2.24) is 15.1 Å². The third kappa shape index (κ3) is 3.88. The zero-order valence-corrected chi connectivity index (χ0v) is 15.8. The molecule has 0 bridgehead atoms. The van der Waals surface area contributed by atoms with Crippen LogP contribution < -0.4 is 5.32 Å². The molecule has 1 saturated carbocycles. The molecule has 1 unspecified atom stereocenters. The highest BCUT2D eigenvalue weighted by atomic mass is 32.1. The van der Waals surface area contributed by atoms with E-state index < -0.39 is 12.0 Å². The third-order valence-corrected chi connectivity index (χ3v) is 6.02. The number of benzene rings is 1. The standard InChI is InChI=1S/C20H21N3O3S/c1-12-15-10-17(18(24)21-16(20(25)26)9-13-7-8-13)27-19(15)23(22-12)11-14-5-3-2-4-6-14/h2-6,10,13,16H,7-9,11H2,1H3,(H,21,24)(H,25,26). The summed E-state index contributed by atoms with van der Waals surface area (Å²) in [4.78, 5) is 25.5. The number of carbonyl (C=O) groups excluding carboxylic acids is 1. The van der Waals surface area contributed by atoms with E-state index in [0.717, 1.165) is 34.3 Å². The van der Waals surface area contributed by atoms with Crippen molar-refractivity contribution in [2.45, 2.75) is 38.8 Å². The minimum atomic E-state index is -0.970. The molecule has 0 radical (unpaired) electrons. The highest BCUT2D eigenvalue weighted by molar-refractivity contribution is 7.20. The van der Waals surface area contributed by atoms with Crippen LogP contribution in [0.3, 0.4) is 0 Å². The molecule has 2 heterocycles. The van der Waals surface area contributed by atoms with Crippen molar-refractivity contribution in [3.8, 4) is 0 Å². The first-order chi connectivity index (χ1) is 13.0. The van der Waals surface area contributed by atoms with Crippen molar-refractivity contribution in [1.29, 1.82) is 0 Å². The molecular formula is C20H21N3O3S. The Morgan fingerprint density at radius 3 is 2.74 bits per heavy atom. The Kier molecular flexibility index (Phi) is 4.70. The Bertz CT molecular complexity index is 989. The summed E-state index contributed by atoms with van der Waals surface area (Å²) in [6.07, 6.45) is 2.61. The molecule has 1 fully saturated rings. The van der Waals surface area contributed by atoms with Gasteiger partial charge in [-0.3, -0.25) is 9.48 Å². The number of amides is 1. The molecule has 140 valence electrons. The van der Waals surface area contributed by atoms with E-state index >= 15 is 0 Å². The van der Waals surface area contributed by atoms with Gasteiger partial charge in [0.1, 0.15) is 10.9 Å². The predicted molar refractivity (Wildman–Crippen MR) is 104 cm³/mol. The number of aryl methyl sites for hydroxylation is 1. The molecule has 6 nitrogen and oxygen atoms in total. The molecule has 2 aromatic heterocycles. The van der Waals surface area contributed by atoms with Crippen LogP contribution in [0.25, 0.3) is 10.2 Å². The molecule has 27 heavy (non-hydrogen) atoms. The Labute approximate surface area is 160 Å². The number of carbonyl (C=O) groups is 2. The lowest BCUT2D eigenvalue weighted by atomic mass is 10.1. The molecule has 1 aliphatic carbocycles. The van der Waals surface area contributed by atoms with Gasteiger partial charge in [-0.05, 0) is 30.9 Å². The van der Waals surface area contributed by atoms with Gasteiger partial charge in [-0.15, -0.1) is 11.3 Å². The maximum Gasteiger partial charge on any atom is 0.326 e. The Hall–Kier alpha value is -2.67. The zero-order valence-electron chi connectivity index (χ0n) is 15.0. The summed E-state index contributed by atoms with van der Waals surface area (Å²) in [5.74, 6) is -0.867. The number of hydrogen-bond donors (Lipinski definition) is 2. The summed E-state index contributed by atoms with van der Waals surface area (Å²) in [5.41, 5.74) is 2.00.